The van der Waals surface area contributed by atoms with Crippen molar-refractivity contribution in [2.75, 3.05) is 19.5 Å². The number of nitrogens with one attached hydrogen (secondary N) is 1. The van der Waals surface area contributed by atoms with E-state index in [1.807, 2.05) is 30.3 Å². The van der Waals surface area contributed by atoms with Crippen molar-refractivity contribution in [3.63, 3.8) is 0 Å². The number of fused-ring (bicyclic) bond motifs is 1. The maximum atomic E-state index is 13.1. The molecule has 0 fully saturated rings. The number of ether oxygens (including phenoxy) is 2. The van der Waals surface area contributed by atoms with Gasteiger partial charge in [0.25, 0.3) is 11.5 Å². The van der Waals surface area contributed by atoms with Crippen LogP contribution in [0.5, 0.6) is 0 Å². The van der Waals surface area contributed by atoms with E-state index in [-0.39, 0.29) is 22.4 Å². The summed E-state index contributed by atoms with van der Waals surface area (Å²) in [5.41, 5.74) is 1.55. The van der Waals surface area contributed by atoms with Gasteiger partial charge in [-0.1, -0.05) is 30.3 Å². The molecule has 4 aromatic rings. The summed E-state index contributed by atoms with van der Waals surface area (Å²) < 4.78 is 11.0. The molecule has 0 atom stereocenters. The molecule has 4 rings (SSSR count). The topological polar surface area (TPSA) is 117 Å². The molecule has 0 aliphatic carbocycles. The molecule has 2 heterocycles. The molecule has 35 heavy (non-hydrogen) atoms. The van der Waals surface area contributed by atoms with E-state index in [0.717, 1.165) is 16.9 Å². The molecular weight excluding hydrogens is 470 g/mol. The van der Waals surface area contributed by atoms with Crippen LogP contribution < -0.4 is 10.9 Å². The monoisotopic (exact) mass is 491 g/mol. The number of aromatic nitrogens is 2. The van der Waals surface area contributed by atoms with Crippen LogP contribution in [0, 0.1) is 6.92 Å². The van der Waals surface area contributed by atoms with Gasteiger partial charge in [0.2, 0.25) is 0 Å². The molecule has 9 nitrogen and oxygen atoms in total. The lowest BCUT2D eigenvalue weighted by molar-refractivity contribution is 0.0599. The van der Waals surface area contributed by atoms with Crippen molar-refractivity contribution in [3.05, 3.63) is 92.3 Å². The number of nitrogens with zero attached hydrogens (tertiary/aromatic N) is 2. The number of esters is 2. The molecule has 178 valence electrons. The van der Waals surface area contributed by atoms with E-state index in [0.29, 0.717) is 27.2 Å². The van der Waals surface area contributed by atoms with Crippen LogP contribution >= 0.6 is 11.3 Å². The molecule has 0 aliphatic heterocycles. The minimum atomic E-state index is -0.674. The van der Waals surface area contributed by atoms with Gasteiger partial charge in [0, 0.05) is 5.69 Å². The number of hydrogen-bond donors (Lipinski definition) is 1. The smallest absolute Gasteiger partial charge is 0.337 e. The Labute approximate surface area is 203 Å². The van der Waals surface area contributed by atoms with Crippen LogP contribution in [-0.4, -0.2) is 41.6 Å². The number of anilines is 1. The molecule has 1 amide bonds. The number of hydrogen-bond acceptors (Lipinski definition) is 8. The first kappa shape index (κ1) is 23.8. The maximum absolute atomic E-state index is 13.1. The SMILES string of the molecule is COC(=O)c1cc(NC(=O)c2sc3ncn(Cc4ccccc4)c(=O)c3c2C)cc(C(=O)OC)c1. The Bertz CT molecular complexity index is 1470. The summed E-state index contributed by atoms with van der Waals surface area (Å²) in [4.78, 5) is 55.5. The van der Waals surface area contributed by atoms with Crippen molar-refractivity contribution in [3.8, 4) is 0 Å². The van der Waals surface area contributed by atoms with Gasteiger partial charge < -0.3 is 14.8 Å². The Kier molecular flexibility index (Phi) is 6.74. The molecule has 0 aliphatic rings. The van der Waals surface area contributed by atoms with Crippen molar-refractivity contribution >= 4 is 45.1 Å². The fourth-order valence-corrected chi connectivity index (χ4v) is 4.66. The quantitative estimate of drug-likeness (QED) is 0.409. The first-order valence-electron chi connectivity index (χ1n) is 10.5. The Morgan fingerprint density at radius 3 is 2.23 bits per heavy atom. The van der Waals surface area contributed by atoms with Crippen molar-refractivity contribution in [2.45, 2.75) is 13.5 Å². The van der Waals surface area contributed by atoms with E-state index in [1.165, 1.54) is 43.3 Å². The zero-order chi connectivity index (χ0) is 25.1. The van der Waals surface area contributed by atoms with E-state index in [2.05, 4.69) is 10.3 Å². The largest absolute Gasteiger partial charge is 0.465 e. The van der Waals surface area contributed by atoms with Crippen LogP contribution in [0.25, 0.3) is 10.2 Å². The summed E-state index contributed by atoms with van der Waals surface area (Å²) in [6.07, 6.45) is 1.47. The second kappa shape index (κ2) is 9.90. The number of amides is 1. The van der Waals surface area contributed by atoms with Crippen molar-refractivity contribution in [1.82, 2.24) is 9.55 Å². The van der Waals surface area contributed by atoms with Crippen LogP contribution in [0.15, 0.2) is 59.7 Å². The second-order valence-corrected chi connectivity index (χ2v) is 8.63. The highest BCUT2D eigenvalue weighted by atomic mass is 32.1. The number of methoxy groups -OCH3 is 2. The van der Waals surface area contributed by atoms with Crippen molar-refractivity contribution in [2.24, 2.45) is 0 Å². The van der Waals surface area contributed by atoms with E-state index in [9.17, 15) is 19.2 Å². The summed E-state index contributed by atoms with van der Waals surface area (Å²) in [6, 6.07) is 13.6. The lowest BCUT2D eigenvalue weighted by Crippen LogP contribution is -2.21. The first-order chi connectivity index (χ1) is 16.8. The number of rotatable bonds is 6. The number of aryl methyl sites for hydroxylation is 1. The Balaban J connectivity index is 1.68. The highest BCUT2D eigenvalue weighted by Gasteiger charge is 2.21. The summed E-state index contributed by atoms with van der Waals surface area (Å²) in [5, 5.41) is 3.06. The van der Waals surface area contributed by atoms with Gasteiger partial charge in [-0.15, -0.1) is 11.3 Å². The predicted octanol–water partition coefficient (Wildman–Crippen LogP) is 3.64. The Morgan fingerprint density at radius 2 is 1.63 bits per heavy atom. The molecule has 0 radical (unpaired) electrons. The minimum absolute atomic E-state index is 0.0734. The first-order valence-corrected chi connectivity index (χ1v) is 11.3. The van der Waals surface area contributed by atoms with Gasteiger partial charge in [0.1, 0.15) is 4.83 Å². The molecule has 0 unspecified atom stereocenters. The zero-order valence-electron chi connectivity index (χ0n) is 19.2. The summed E-state index contributed by atoms with van der Waals surface area (Å²) in [7, 11) is 2.42. The van der Waals surface area contributed by atoms with Crippen LogP contribution in [0.1, 0.15) is 41.5 Å². The molecule has 1 N–H and O–H groups in total. The van der Waals surface area contributed by atoms with Gasteiger partial charge >= 0.3 is 11.9 Å². The van der Waals surface area contributed by atoms with Gasteiger partial charge in [-0.25, -0.2) is 14.6 Å². The second-order valence-electron chi connectivity index (χ2n) is 7.64. The molecule has 0 saturated carbocycles. The Morgan fingerprint density at radius 1 is 1.00 bits per heavy atom. The van der Waals surface area contributed by atoms with Gasteiger partial charge in [0.05, 0.1) is 48.5 Å². The Hall–Kier alpha value is -4.31. The predicted molar refractivity (Wildman–Crippen MR) is 131 cm³/mol. The van der Waals surface area contributed by atoms with E-state index < -0.39 is 17.8 Å². The molecule has 0 spiro atoms. The van der Waals surface area contributed by atoms with Gasteiger partial charge in [-0.05, 0) is 36.2 Å². The van der Waals surface area contributed by atoms with E-state index in [1.54, 1.807) is 6.92 Å². The molecular formula is C25H21N3O6S. The maximum Gasteiger partial charge on any atom is 0.337 e. The number of benzene rings is 2. The third-order valence-corrected chi connectivity index (χ3v) is 6.55. The fraction of sp³-hybridized carbons (Fsp3) is 0.160. The summed E-state index contributed by atoms with van der Waals surface area (Å²) in [5.74, 6) is -1.85. The number of carbonyl (C=O) groups is 3. The lowest BCUT2D eigenvalue weighted by atomic mass is 10.1. The van der Waals surface area contributed by atoms with E-state index in [4.69, 9.17) is 9.47 Å². The summed E-state index contributed by atoms with van der Waals surface area (Å²) in [6.45, 7) is 2.05. The van der Waals surface area contributed by atoms with Gasteiger partial charge in [0.15, 0.2) is 0 Å². The van der Waals surface area contributed by atoms with Gasteiger partial charge in [-0.2, -0.15) is 0 Å². The molecule has 0 bridgehead atoms. The van der Waals surface area contributed by atoms with Crippen molar-refractivity contribution < 1.29 is 23.9 Å². The third-order valence-electron chi connectivity index (χ3n) is 5.35. The summed E-state index contributed by atoms with van der Waals surface area (Å²) >= 11 is 1.09. The normalized spacial score (nSPS) is 10.7. The van der Waals surface area contributed by atoms with Crippen LogP contribution in [0.3, 0.4) is 0 Å². The van der Waals surface area contributed by atoms with E-state index >= 15 is 0 Å². The highest BCUT2D eigenvalue weighted by molar-refractivity contribution is 7.20. The molecule has 2 aromatic heterocycles. The number of carbonyl (C=O) groups excluding carboxylic acids is 3. The zero-order valence-corrected chi connectivity index (χ0v) is 20.0. The number of thiophene rings is 1. The minimum Gasteiger partial charge on any atom is -0.465 e. The average Bonchev–Trinajstić information content (AvgIpc) is 3.22. The van der Waals surface area contributed by atoms with Crippen LogP contribution in [0.4, 0.5) is 5.69 Å². The average molecular weight is 492 g/mol. The van der Waals surface area contributed by atoms with Gasteiger partial charge in [-0.3, -0.25) is 14.2 Å². The fourth-order valence-electron chi connectivity index (χ4n) is 3.63. The van der Waals surface area contributed by atoms with Crippen LogP contribution in [-0.2, 0) is 16.0 Å². The van der Waals surface area contributed by atoms with Crippen molar-refractivity contribution in [1.29, 1.82) is 0 Å². The third kappa shape index (κ3) is 4.82. The lowest BCUT2D eigenvalue weighted by Gasteiger charge is -2.09. The highest BCUT2D eigenvalue weighted by Crippen LogP contribution is 2.28. The van der Waals surface area contributed by atoms with Crippen LogP contribution in [0.2, 0.25) is 0 Å². The molecule has 2 aromatic carbocycles. The standard InChI is InChI=1S/C25H21N3O6S/c1-14-19-22(26-13-28(23(19)30)12-15-7-5-4-6-8-15)35-20(14)21(29)27-18-10-16(24(31)33-2)9-17(11-18)25(32)34-3/h4-11,13H,12H2,1-3H3,(H,27,29). The molecule has 10 heteroatoms. The molecule has 0 saturated heterocycles.